The summed E-state index contributed by atoms with van der Waals surface area (Å²) in [5, 5.41) is 0. The number of nitrogens with two attached hydrogens (primary N) is 1. The Balaban J connectivity index is 2.20. The van der Waals surface area contributed by atoms with E-state index in [0.29, 0.717) is 12.0 Å². The number of rotatable bonds is 4. The Morgan fingerprint density at radius 2 is 2.21 bits per heavy atom. The highest BCUT2D eigenvalue weighted by atomic mass is 19.3. The van der Waals surface area contributed by atoms with Gasteiger partial charge in [0.2, 0.25) is 5.92 Å². The molecule has 0 heterocycles. The molecule has 0 aromatic heterocycles. The molecule has 1 fully saturated rings. The minimum absolute atomic E-state index is 0.122. The van der Waals surface area contributed by atoms with Crippen LogP contribution in [0.15, 0.2) is 18.2 Å². The molecule has 0 saturated heterocycles. The Hall–Kier alpha value is -1.27. The lowest BCUT2D eigenvalue weighted by atomic mass is 9.92. The molecule has 1 saturated carbocycles. The lowest BCUT2D eigenvalue weighted by molar-refractivity contribution is 0.00327. The van der Waals surface area contributed by atoms with Crippen LogP contribution in [0.25, 0.3) is 0 Å². The van der Waals surface area contributed by atoms with Crippen molar-refractivity contribution in [3.8, 4) is 5.75 Å². The molecule has 2 unspecified atom stereocenters. The molecular formula is C13H17F3N2O. The second-order valence-electron chi connectivity index (χ2n) is 4.90. The van der Waals surface area contributed by atoms with Gasteiger partial charge in [0.1, 0.15) is 0 Å². The summed E-state index contributed by atoms with van der Waals surface area (Å²) >= 11 is 0. The number of nitrogens with one attached hydrogen (secondary N) is 1. The summed E-state index contributed by atoms with van der Waals surface area (Å²) < 4.78 is 45.0. The van der Waals surface area contributed by atoms with Crippen molar-refractivity contribution in [3.63, 3.8) is 0 Å². The van der Waals surface area contributed by atoms with E-state index < -0.39 is 17.8 Å². The number of methoxy groups -OCH3 is 1. The van der Waals surface area contributed by atoms with Crippen LogP contribution in [0.3, 0.4) is 0 Å². The van der Waals surface area contributed by atoms with Crippen LogP contribution in [-0.2, 0) is 0 Å². The summed E-state index contributed by atoms with van der Waals surface area (Å²) in [5.74, 6) is 2.10. The predicted molar refractivity (Wildman–Crippen MR) is 65.3 cm³/mol. The van der Waals surface area contributed by atoms with E-state index in [4.69, 9.17) is 10.6 Å². The average Bonchev–Trinajstić information content (AvgIpc) is 2.71. The van der Waals surface area contributed by atoms with Crippen LogP contribution < -0.4 is 16.0 Å². The molecule has 0 aliphatic heterocycles. The fraction of sp³-hybridized carbons (Fsp3) is 0.538. The Morgan fingerprint density at radius 3 is 2.68 bits per heavy atom. The second kappa shape index (κ2) is 5.38. The van der Waals surface area contributed by atoms with Gasteiger partial charge in [-0.25, -0.2) is 13.2 Å². The number of ether oxygens (including phenoxy) is 1. The average molecular weight is 274 g/mol. The van der Waals surface area contributed by atoms with E-state index in [2.05, 4.69) is 5.43 Å². The topological polar surface area (TPSA) is 47.3 Å². The van der Waals surface area contributed by atoms with Gasteiger partial charge in [0, 0.05) is 18.9 Å². The van der Waals surface area contributed by atoms with Crippen LogP contribution in [0.2, 0.25) is 0 Å². The largest absolute Gasteiger partial charge is 0.494 e. The zero-order valence-electron chi connectivity index (χ0n) is 10.6. The lowest BCUT2D eigenvalue weighted by Gasteiger charge is -2.23. The molecule has 1 aliphatic carbocycles. The van der Waals surface area contributed by atoms with E-state index in [1.807, 2.05) is 0 Å². The van der Waals surface area contributed by atoms with E-state index in [1.54, 1.807) is 6.07 Å². The smallest absolute Gasteiger partial charge is 0.248 e. The summed E-state index contributed by atoms with van der Waals surface area (Å²) in [6, 6.07) is 3.92. The second-order valence-corrected chi connectivity index (χ2v) is 4.90. The van der Waals surface area contributed by atoms with Gasteiger partial charge in [0.05, 0.1) is 7.11 Å². The summed E-state index contributed by atoms with van der Waals surface area (Å²) in [6.45, 7) is 0. The Labute approximate surface area is 109 Å². The number of hydrogen-bond acceptors (Lipinski definition) is 3. The summed E-state index contributed by atoms with van der Waals surface area (Å²) in [6.07, 6.45) is -0.000483. The van der Waals surface area contributed by atoms with Gasteiger partial charge < -0.3 is 4.74 Å². The molecule has 3 N–H and O–H groups in total. The number of benzene rings is 1. The van der Waals surface area contributed by atoms with Gasteiger partial charge in [0.15, 0.2) is 11.6 Å². The lowest BCUT2D eigenvalue weighted by Crippen LogP contribution is -2.33. The van der Waals surface area contributed by atoms with Crippen molar-refractivity contribution in [2.75, 3.05) is 7.11 Å². The van der Waals surface area contributed by atoms with E-state index in [0.717, 1.165) is 0 Å². The highest BCUT2D eigenvalue weighted by Crippen LogP contribution is 2.44. The van der Waals surface area contributed by atoms with E-state index >= 15 is 0 Å². The third-order valence-electron chi connectivity index (χ3n) is 3.63. The molecule has 19 heavy (non-hydrogen) atoms. The van der Waals surface area contributed by atoms with Crippen LogP contribution in [0.4, 0.5) is 13.2 Å². The predicted octanol–water partition coefficient (Wildman–Crippen LogP) is 2.77. The maximum atomic E-state index is 13.6. The molecule has 6 heteroatoms. The highest BCUT2D eigenvalue weighted by molar-refractivity contribution is 5.31. The van der Waals surface area contributed by atoms with Crippen molar-refractivity contribution in [3.05, 3.63) is 29.6 Å². The first kappa shape index (κ1) is 14.1. The normalized spacial score (nSPS) is 23.3. The molecule has 0 spiro atoms. The molecule has 1 aromatic rings. The molecule has 1 aliphatic rings. The van der Waals surface area contributed by atoms with E-state index in [-0.39, 0.29) is 24.5 Å². The van der Waals surface area contributed by atoms with Crippen LogP contribution >= 0.6 is 0 Å². The monoisotopic (exact) mass is 274 g/mol. The molecule has 0 radical (unpaired) electrons. The fourth-order valence-electron chi connectivity index (χ4n) is 2.65. The molecule has 2 atom stereocenters. The van der Waals surface area contributed by atoms with Gasteiger partial charge in [-0.15, -0.1) is 0 Å². The molecule has 1 aromatic carbocycles. The third kappa shape index (κ3) is 3.01. The first-order chi connectivity index (χ1) is 8.96. The maximum absolute atomic E-state index is 13.6. The molecule has 2 rings (SSSR count). The van der Waals surface area contributed by atoms with Crippen molar-refractivity contribution in [2.45, 2.75) is 31.2 Å². The minimum Gasteiger partial charge on any atom is -0.494 e. The number of hydrogen-bond donors (Lipinski definition) is 2. The SMILES string of the molecule is COc1ccc(C(NN)C2CCC(F)(F)C2)cc1F. The Morgan fingerprint density at radius 1 is 1.47 bits per heavy atom. The van der Waals surface area contributed by atoms with Crippen molar-refractivity contribution < 1.29 is 17.9 Å². The third-order valence-corrected chi connectivity index (χ3v) is 3.63. The van der Waals surface area contributed by atoms with Gasteiger partial charge in [0.25, 0.3) is 0 Å². The van der Waals surface area contributed by atoms with Gasteiger partial charge in [-0.1, -0.05) is 6.07 Å². The minimum atomic E-state index is -2.65. The van der Waals surface area contributed by atoms with E-state index in [1.165, 1.54) is 19.2 Å². The number of hydrazine groups is 1. The number of alkyl halides is 2. The fourth-order valence-corrected chi connectivity index (χ4v) is 2.65. The van der Waals surface area contributed by atoms with Gasteiger partial charge >= 0.3 is 0 Å². The summed E-state index contributed by atoms with van der Waals surface area (Å²) in [5.41, 5.74) is 3.08. The standard InChI is InChI=1S/C13H17F3N2O/c1-19-11-3-2-8(6-10(11)14)12(18-17)9-4-5-13(15,16)7-9/h2-3,6,9,12,18H,4-5,7,17H2,1H3. The van der Waals surface area contributed by atoms with Crippen molar-refractivity contribution in [1.29, 1.82) is 0 Å². The maximum Gasteiger partial charge on any atom is 0.248 e. The first-order valence-corrected chi connectivity index (χ1v) is 6.14. The zero-order valence-corrected chi connectivity index (χ0v) is 10.6. The van der Waals surface area contributed by atoms with Gasteiger partial charge in [-0.2, -0.15) is 0 Å². The molecular weight excluding hydrogens is 257 g/mol. The highest BCUT2D eigenvalue weighted by Gasteiger charge is 2.42. The first-order valence-electron chi connectivity index (χ1n) is 6.14. The van der Waals surface area contributed by atoms with Crippen LogP contribution in [0, 0.1) is 11.7 Å². The van der Waals surface area contributed by atoms with Crippen LogP contribution in [0.5, 0.6) is 5.75 Å². The molecule has 0 amide bonds. The van der Waals surface area contributed by atoms with Gasteiger partial charge in [-0.3, -0.25) is 11.3 Å². The quantitative estimate of drug-likeness (QED) is 0.655. The zero-order chi connectivity index (χ0) is 14.0. The van der Waals surface area contributed by atoms with Gasteiger partial charge in [-0.05, 0) is 30.0 Å². The Kier molecular flexibility index (Phi) is 4.01. The summed E-state index contributed by atoms with van der Waals surface area (Å²) in [4.78, 5) is 0. The Bertz CT molecular complexity index is 454. The van der Waals surface area contributed by atoms with Crippen molar-refractivity contribution >= 4 is 0 Å². The molecule has 106 valence electrons. The van der Waals surface area contributed by atoms with E-state index in [9.17, 15) is 13.2 Å². The van der Waals surface area contributed by atoms with Crippen molar-refractivity contribution in [2.24, 2.45) is 11.8 Å². The number of halogens is 3. The van der Waals surface area contributed by atoms with Crippen LogP contribution in [0.1, 0.15) is 30.9 Å². The molecule has 0 bridgehead atoms. The van der Waals surface area contributed by atoms with Crippen molar-refractivity contribution in [1.82, 2.24) is 5.43 Å². The summed E-state index contributed by atoms with van der Waals surface area (Å²) in [7, 11) is 1.37. The molecule has 3 nitrogen and oxygen atoms in total. The van der Waals surface area contributed by atoms with Crippen LogP contribution in [-0.4, -0.2) is 13.0 Å².